The van der Waals surface area contributed by atoms with Gasteiger partial charge in [0, 0.05) is 18.7 Å². The molecule has 1 aliphatic heterocycles. The molecular weight excluding hydrogens is 274 g/mol. The average Bonchev–Trinajstić information content (AvgIpc) is 2.72. The summed E-state index contributed by atoms with van der Waals surface area (Å²) < 4.78 is 2.24. The second-order valence-electron chi connectivity index (χ2n) is 4.69. The lowest BCUT2D eigenvalue weighted by molar-refractivity contribution is 0.591. The number of hydrogen-bond donors (Lipinski definition) is 2. The van der Waals surface area contributed by atoms with Crippen LogP contribution in [0.25, 0.3) is 0 Å². The van der Waals surface area contributed by atoms with Gasteiger partial charge in [-0.3, -0.25) is 4.98 Å². The fourth-order valence-corrected chi connectivity index (χ4v) is 3.08. The predicted octanol–water partition coefficient (Wildman–Crippen LogP) is 1.37. The first kappa shape index (κ1) is 13.3. The number of hydrogen-bond acceptors (Lipinski definition) is 7. The van der Waals surface area contributed by atoms with E-state index in [-0.39, 0.29) is 0 Å². The number of anilines is 1. The van der Waals surface area contributed by atoms with Gasteiger partial charge in [-0.25, -0.2) is 10.8 Å². The van der Waals surface area contributed by atoms with E-state index >= 15 is 0 Å². The van der Waals surface area contributed by atoms with Crippen molar-refractivity contribution in [2.75, 3.05) is 5.43 Å². The third-order valence-corrected chi connectivity index (χ3v) is 4.28. The minimum atomic E-state index is 0.565. The molecule has 2 aromatic rings. The molecule has 3 heterocycles. The van der Waals surface area contributed by atoms with E-state index in [4.69, 9.17) is 5.84 Å². The molecule has 0 saturated heterocycles. The lowest BCUT2D eigenvalue weighted by Gasteiger charge is -2.06. The number of nitrogens with two attached hydrogens (primary N) is 1. The van der Waals surface area contributed by atoms with Crippen molar-refractivity contribution in [3.8, 4) is 0 Å². The molecule has 0 saturated carbocycles. The van der Waals surface area contributed by atoms with Gasteiger partial charge in [-0.1, -0.05) is 18.2 Å². The molecular formula is C12H17N7S. The van der Waals surface area contributed by atoms with E-state index < -0.39 is 0 Å². The first-order valence-electron chi connectivity index (χ1n) is 6.69. The number of aryl methyl sites for hydroxylation is 1. The van der Waals surface area contributed by atoms with Gasteiger partial charge in [-0.15, -0.1) is 10.2 Å². The van der Waals surface area contributed by atoms with Gasteiger partial charge in [0.15, 0.2) is 11.0 Å². The Bertz CT molecular complexity index is 566. The number of aromatic nitrogens is 5. The molecule has 0 radical (unpaired) electrons. The Labute approximate surface area is 121 Å². The molecule has 0 unspecified atom stereocenters. The van der Waals surface area contributed by atoms with Gasteiger partial charge in [0.1, 0.15) is 5.82 Å². The summed E-state index contributed by atoms with van der Waals surface area (Å²) in [5.41, 5.74) is 3.37. The Morgan fingerprint density at radius 3 is 2.95 bits per heavy atom. The van der Waals surface area contributed by atoms with Crippen LogP contribution in [0, 0.1) is 0 Å². The second kappa shape index (κ2) is 6.19. The van der Waals surface area contributed by atoms with Crippen LogP contribution in [0.5, 0.6) is 0 Å². The summed E-state index contributed by atoms with van der Waals surface area (Å²) in [5, 5.41) is 9.55. The molecule has 0 aliphatic carbocycles. The van der Waals surface area contributed by atoms with Gasteiger partial charge in [0.05, 0.1) is 18.1 Å². The lowest BCUT2D eigenvalue weighted by atomic mass is 10.2. The van der Waals surface area contributed by atoms with Gasteiger partial charge in [0.25, 0.3) is 0 Å². The van der Waals surface area contributed by atoms with Crippen molar-refractivity contribution in [3.05, 3.63) is 23.9 Å². The Balaban J connectivity index is 1.67. The van der Waals surface area contributed by atoms with Crippen molar-refractivity contribution >= 4 is 17.6 Å². The van der Waals surface area contributed by atoms with Crippen LogP contribution in [-0.4, -0.2) is 24.7 Å². The van der Waals surface area contributed by atoms with Crippen molar-refractivity contribution in [1.82, 2.24) is 24.7 Å². The van der Waals surface area contributed by atoms with Crippen LogP contribution in [-0.2, 0) is 18.7 Å². The number of thioether (sulfide) groups is 1. The Hall–Kier alpha value is -1.67. The standard InChI is InChI=1S/C12H17N7S/c13-16-10-7-14-9(6-15-10)8-20-12-18-17-11-4-2-1-3-5-19(11)12/h6-7H,1-5,8,13H2,(H,15,16). The molecule has 0 amide bonds. The highest BCUT2D eigenvalue weighted by Crippen LogP contribution is 2.24. The maximum atomic E-state index is 5.26. The number of nitrogens with one attached hydrogen (secondary N) is 1. The van der Waals surface area contributed by atoms with E-state index in [0.717, 1.165) is 35.4 Å². The van der Waals surface area contributed by atoms with E-state index in [9.17, 15) is 0 Å². The molecule has 106 valence electrons. The molecule has 3 N–H and O–H groups in total. The summed E-state index contributed by atoms with van der Waals surface area (Å²) in [6.07, 6.45) is 8.07. The topological polar surface area (TPSA) is 94.5 Å². The van der Waals surface area contributed by atoms with Crippen molar-refractivity contribution in [2.45, 2.75) is 43.1 Å². The number of hydrazine groups is 1. The van der Waals surface area contributed by atoms with E-state index in [0.29, 0.717) is 5.82 Å². The third kappa shape index (κ3) is 2.91. The zero-order chi connectivity index (χ0) is 13.8. The minimum absolute atomic E-state index is 0.565. The van der Waals surface area contributed by atoms with Gasteiger partial charge in [-0.05, 0) is 12.8 Å². The Morgan fingerprint density at radius 1 is 1.20 bits per heavy atom. The third-order valence-electron chi connectivity index (χ3n) is 3.28. The average molecular weight is 291 g/mol. The summed E-state index contributed by atoms with van der Waals surface area (Å²) in [4.78, 5) is 8.44. The van der Waals surface area contributed by atoms with E-state index in [2.05, 4.69) is 30.2 Å². The van der Waals surface area contributed by atoms with Crippen LogP contribution in [0.15, 0.2) is 17.6 Å². The number of fused-ring (bicyclic) bond motifs is 1. The smallest absolute Gasteiger partial charge is 0.191 e. The summed E-state index contributed by atoms with van der Waals surface area (Å²) in [7, 11) is 0. The van der Waals surface area contributed by atoms with E-state index in [1.165, 1.54) is 19.3 Å². The van der Waals surface area contributed by atoms with Crippen LogP contribution >= 0.6 is 11.8 Å². The SMILES string of the molecule is NNc1cnc(CSc2nnc3n2CCCCC3)cn1. The molecule has 8 heteroatoms. The normalized spacial score (nSPS) is 14.7. The van der Waals surface area contributed by atoms with Crippen molar-refractivity contribution in [2.24, 2.45) is 5.84 Å². The lowest BCUT2D eigenvalue weighted by Crippen LogP contribution is -2.09. The van der Waals surface area contributed by atoms with Gasteiger partial charge in [-0.2, -0.15) is 0 Å². The summed E-state index contributed by atoms with van der Waals surface area (Å²) >= 11 is 1.65. The molecule has 7 nitrogen and oxygen atoms in total. The summed E-state index contributed by atoms with van der Waals surface area (Å²) in [6, 6.07) is 0. The van der Waals surface area contributed by atoms with Crippen LogP contribution in [0.1, 0.15) is 30.8 Å². The van der Waals surface area contributed by atoms with E-state index in [1.54, 1.807) is 24.2 Å². The molecule has 1 aliphatic rings. The fourth-order valence-electron chi connectivity index (χ4n) is 2.21. The zero-order valence-electron chi connectivity index (χ0n) is 11.1. The predicted molar refractivity (Wildman–Crippen MR) is 77.0 cm³/mol. The molecule has 0 bridgehead atoms. The summed E-state index contributed by atoms with van der Waals surface area (Å²) in [6.45, 7) is 1.02. The van der Waals surface area contributed by atoms with Crippen LogP contribution in [0.3, 0.4) is 0 Å². The molecule has 2 aromatic heterocycles. The first-order chi connectivity index (χ1) is 9.86. The van der Waals surface area contributed by atoms with Crippen LogP contribution < -0.4 is 11.3 Å². The van der Waals surface area contributed by atoms with Crippen LogP contribution in [0.4, 0.5) is 5.82 Å². The molecule has 3 rings (SSSR count). The molecule has 0 spiro atoms. The largest absolute Gasteiger partial charge is 0.307 e. The van der Waals surface area contributed by atoms with Crippen LogP contribution in [0.2, 0.25) is 0 Å². The molecule has 0 fully saturated rings. The molecule has 0 atom stereocenters. The number of rotatable bonds is 4. The highest BCUT2D eigenvalue weighted by molar-refractivity contribution is 7.98. The maximum Gasteiger partial charge on any atom is 0.191 e. The van der Waals surface area contributed by atoms with Crippen molar-refractivity contribution in [3.63, 3.8) is 0 Å². The quantitative estimate of drug-likeness (QED) is 0.499. The van der Waals surface area contributed by atoms with Gasteiger partial charge >= 0.3 is 0 Å². The fraction of sp³-hybridized carbons (Fsp3) is 0.500. The highest BCUT2D eigenvalue weighted by Gasteiger charge is 2.15. The first-order valence-corrected chi connectivity index (χ1v) is 7.68. The molecule has 0 aromatic carbocycles. The highest BCUT2D eigenvalue weighted by atomic mass is 32.2. The zero-order valence-corrected chi connectivity index (χ0v) is 11.9. The number of nitrogen functional groups attached to an aromatic ring is 1. The van der Waals surface area contributed by atoms with Crippen molar-refractivity contribution < 1.29 is 0 Å². The molecule has 20 heavy (non-hydrogen) atoms. The van der Waals surface area contributed by atoms with Crippen molar-refractivity contribution in [1.29, 1.82) is 0 Å². The number of nitrogens with zero attached hydrogens (tertiary/aromatic N) is 5. The Kier molecular flexibility index (Phi) is 4.12. The Morgan fingerprint density at radius 2 is 2.15 bits per heavy atom. The monoisotopic (exact) mass is 291 g/mol. The summed E-state index contributed by atoms with van der Waals surface area (Å²) in [5.74, 6) is 7.67. The second-order valence-corrected chi connectivity index (χ2v) is 5.63. The van der Waals surface area contributed by atoms with E-state index in [1.807, 2.05) is 0 Å². The minimum Gasteiger partial charge on any atom is -0.307 e. The van der Waals surface area contributed by atoms with Gasteiger partial charge < -0.3 is 9.99 Å². The maximum absolute atomic E-state index is 5.26. The van der Waals surface area contributed by atoms with Gasteiger partial charge in [0.2, 0.25) is 0 Å².